The molecule has 156 valence electrons. The van der Waals surface area contributed by atoms with Crippen LogP contribution in [0.2, 0.25) is 0 Å². The smallest absolute Gasteiger partial charge is 0.258 e. The number of ether oxygens (including phenoxy) is 1. The maximum absolute atomic E-state index is 13.1. The summed E-state index contributed by atoms with van der Waals surface area (Å²) < 4.78 is 5.46. The Kier molecular flexibility index (Phi) is 5.54. The predicted molar refractivity (Wildman–Crippen MR) is 121 cm³/mol. The fourth-order valence-corrected chi connectivity index (χ4v) is 5.03. The van der Waals surface area contributed by atoms with E-state index in [0.717, 1.165) is 66.2 Å². The van der Waals surface area contributed by atoms with Gasteiger partial charge in [-0.1, -0.05) is 30.3 Å². The summed E-state index contributed by atoms with van der Waals surface area (Å²) in [6, 6.07) is 13.0. The van der Waals surface area contributed by atoms with E-state index in [-0.39, 0.29) is 5.91 Å². The molecular weight excluding hydrogens is 394 g/mol. The minimum Gasteiger partial charge on any atom is -0.381 e. The van der Waals surface area contributed by atoms with Crippen molar-refractivity contribution in [3.05, 3.63) is 58.6 Å². The Labute approximate surface area is 180 Å². The highest BCUT2D eigenvalue weighted by molar-refractivity contribution is 7.15. The van der Waals surface area contributed by atoms with Gasteiger partial charge < -0.3 is 10.1 Å². The maximum Gasteiger partial charge on any atom is 0.258 e. The number of carbonyl (C=O) groups excluding carboxylic acids is 1. The first-order valence-electron chi connectivity index (χ1n) is 10.7. The van der Waals surface area contributed by atoms with Gasteiger partial charge in [0.2, 0.25) is 0 Å². The van der Waals surface area contributed by atoms with Crippen LogP contribution in [0.3, 0.4) is 0 Å². The van der Waals surface area contributed by atoms with E-state index in [0.29, 0.717) is 17.1 Å². The van der Waals surface area contributed by atoms with E-state index in [9.17, 15) is 4.79 Å². The van der Waals surface area contributed by atoms with Crippen molar-refractivity contribution in [1.82, 2.24) is 10.3 Å². The summed E-state index contributed by atoms with van der Waals surface area (Å²) in [6.07, 6.45) is 5.23. The summed E-state index contributed by atoms with van der Waals surface area (Å²) in [5.74, 6) is 1.11. The number of nitrogens with zero attached hydrogens (tertiary/aromatic N) is 1. The van der Waals surface area contributed by atoms with Crippen LogP contribution in [-0.4, -0.2) is 36.7 Å². The van der Waals surface area contributed by atoms with Gasteiger partial charge in [-0.05, 0) is 61.1 Å². The number of rotatable bonds is 6. The highest BCUT2D eigenvalue weighted by atomic mass is 32.1. The summed E-state index contributed by atoms with van der Waals surface area (Å²) in [7, 11) is 0. The average molecular weight is 422 g/mol. The summed E-state index contributed by atoms with van der Waals surface area (Å²) in [5, 5.41) is 9.48. The lowest BCUT2D eigenvalue weighted by Gasteiger charge is -2.22. The molecule has 1 saturated heterocycles. The van der Waals surface area contributed by atoms with Crippen molar-refractivity contribution in [2.75, 3.05) is 25.1 Å². The van der Waals surface area contributed by atoms with Crippen LogP contribution in [0, 0.1) is 12.8 Å². The van der Waals surface area contributed by atoms with Gasteiger partial charge >= 0.3 is 0 Å². The number of aryl methyl sites for hydroxylation is 1. The summed E-state index contributed by atoms with van der Waals surface area (Å²) in [4.78, 5) is 18.4. The Morgan fingerprint density at radius 3 is 2.87 bits per heavy atom. The van der Waals surface area contributed by atoms with Crippen LogP contribution in [0.5, 0.6) is 0 Å². The van der Waals surface area contributed by atoms with Crippen LogP contribution >= 0.6 is 11.3 Å². The van der Waals surface area contributed by atoms with Crippen LogP contribution in [0.15, 0.2) is 42.6 Å². The molecule has 5 rings (SSSR count). The van der Waals surface area contributed by atoms with Gasteiger partial charge in [0.15, 0.2) is 5.13 Å². The fourth-order valence-electron chi connectivity index (χ4n) is 4.37. The standard InChI is InChI=1S/C24H27N3O2S/c1-15-13-26-24(30-15)27-23(28)21-11-18(10-17-4-2-3-5-19(17)21)20-12-22(20)25-14-16-6-8-29-9-7-16/h2-5,10-11,13,16,20,22,25H,6-9,12,14H2,1H3,(H,26,27,28). The van der Waals surface area contributed by atoms with E-state index in [1.807, 2.05) is 25.1 Å². The molecule has 2 N–H and O–H groups in total. The number of amides is 1. The molecule has 2 aromatic carbocycles. The zero-order valence-electron chi connectivity index (χ0n) is 17.2. The van der Waals surface area contributed by atoms with E-state index in [1.54, 1.807) is 6.20 Å². The third kappa shape index (κ3) is 4.26. The molecule has 0 spiro atoms. The first kappa shape index (κ1) is 19.7. The Morgan fingerprint density at radius 1 is 1.23 bits per heavy atom. The second-order valence-electron chi connectivity index (χ2n) is 8.43. The second kappa shape index (κ2) is 8.46. The SMILES string of the molecule is Cc1cnc(NC(=O)c2cc(C3CC3NCC3CCOCC3)cc3ccccc23)s1. The van der Waals surface area contributed by atoms with Gasteiger partial charge in [-0.15, -0.1) is 11.3 Å². The highest BCUT2D eigenvalue weighted by Crippen LogP contribution is 2.42. The average Bonchev–Trinajstić information content (AvgIpc) is 3.45. The lowest BCUT2D eigenvalue weighted by Crippen LogP contribution is -2.29. The molecular formula is C24H27N3O2S. The molecule has 5 nitrogen and oxygen atoms in total. The van der Waals surface area contributed by atoms with Crippen LogP contribution < -0.4 is 10.6 Å². The third-order valence-electron chi connectivity index (χ3n) is 6.20. The molecule has 2 aliphatic rings. The van der Waals surface area contributed by atoms with Crippen molar-refractivity contribution in [2.45, 2.75) is 38.1 Å². The maximum atomic E-state index is 13.1. The Bertz CT molecular complexity index is 1060. The Hall–Kier alpha value is -2.28. The lowest BCUT2D eigenvalue weighted by atomic mass is 9.97. The zero-order chi connectivity index (χ0) is 20.5. The van der Waals surface area contributed by atoms with Crippen molar-refractivity contribution in [1.29, 1.82) is 0 Å². The number of hydrogen-bond acceptors (Lipinski definition) is 5. The monoisotopic (exact) mass is 421 g/mol. The van der Waals surface area contributed by atoms with Gasteiger partial charge in [-0.25, -0.2) is 4.98 Å². The molecule has 1 saturated carbocycles. The topological polar surface area (TPSA) is 63.2 Å². The van der Waals surface area contributed by atoms with Gasteiger partial charge in [0.1, 0.15) is 0 Å². The van der Waals surface area contributed by atoms with Crippen LogP contribution in [0.1, 0.15) is 46.0 Å². The minimum absolute atomic E-state index is 0.0882. The van der Waals surface area contributed by atoms with Crippen LogP contribution in [0.4, 0.5) is 5.13 Å². The van der Waals surface area contributed by atoms with Crippen LogP contribution in [-0.2, 0) is 4.74 Å². The predicted octanol–water partition coefficient (Wildman–Crippen LogP) is 4.73. The molecule has 0 bridgehead atoms. The van der Waals surface area contributed by atoms with Gasteiger partial charge in [0, 0.05) is 41.8 Å². The van der Waals surface area contributed by atoms with Gasteiger partial charge in [-0.3, -0.25) is 10.1 Å². The molecule has 2 unspecified atom stereocenters. The number of thiazole rings is 1. The van der Waals surface area contributed by atoms with E-state index < -0.39 is 0 Å². The molecule has 1 aliphatic carbocycles. The van der Waals surface area contributed by atoms with E-state index in [2.05, 4.69) is 33.8 Å². The molecule has 2 fully saturated rings. The number of carbonyl (C=O) groups is 1. The van der Waals surface area contributed by atoms with Crippen molar-refractivity contribution < 1.29 is 9.53 Å². The number of benzene rings is 2. The Balaban J connectivity index is 1.34. The molecule has 30 heavy (non-hydrogen) atoms. The number of hydrogen-bond donors (Lipinski definition) is 2. The van der Waals surface area contributed by atoms with E-state index >= 15 is 0 Å². The zero-order valence-corrected chi connectivity index (χ0v) is 18.0. The first-order chi connectivity index (χ1) is 14.7. The molecule has 6 heteroatoms. The van der Waals surface area contributed by atoms with Gasteiger partial charge in [-0.2, -0.15) is 0 Å². The molecule has 2 atom stereocenters. The van der Waals surface area contributed by atoms with Crippen LogP contribution in [0.25, 0.3) is 10.8 Å². The summed E-state index contributed by atoms with van der Waals surface area (Å²) >= 11 is 1.50. The lowest BCUT2D eigenvalue weighted by molar-refractivity contribution is 0.0662. The highest BCUT2D eigenvalue weighted by Gasteiger charge is 2.38. The quantitative estimate of drug-likeness (QED) is 0.604. The largest absolute Gasteiger partial charge is 0.381 e. The summed E-state index contributed by atoms with van der Waals surface area (Å²) in [6.45, 7) is 4.84. The number of aromatic nitrogens is 1. The van der Waals surface area contributed by atoms with E-state index in [1.165, 1.54) is 16.9 Å². The first-order valence-corrected chi connectivity index (χ1v) is 11.6. The number of fused-ring (bicyclic) bond motifs is 1. The number of anilines is 1. The third-order valence-corrected chi connectivity index (χ3v) is 7.03. The van der Waals surface area contributed by atoms with Gasteiger partial charge in [0.25, 0.3) is 5.91 Å². The van der Waals surface area contributed by atoms with Crippen molar-refractivity contribution >= 4 is 33.1 Å². The normalized spacial score (nSPS) is 21.6. The number of nitrogens with one attached hydrogen (secondary N) is 2. The second-order valence-corrected chi connectivity index (χ2v) is 9.67. The van der Waals surface area contributed by atoms with Crippen molar-refractivity contribution in [3.63, 3.8) is 0 Å². The molecule has 1 aromatic heterocycles. The molecule has 0 radical (unpaired) electrons. The van der Waals surface area contributed by atoms with Crippen molar-refractivity contribution in [3.8, 4) is 0 Å². The molecule has 1 aliphatic heterocycles. The fraction of sp³-hybridized carbons (Fsp3) is 0.417. The summed E-state index contributed by atoms with van der Waals surface area (Å²) in [5.41, 5.74) is 1.98. The molecule has 2 heterocycles. The van der Waals surface area contributed by atoms with E-state index in [4.69, 9.17) is 4.74 Å². The Morgan fingerprint density at radius 2 is 2.07 bits per heavy atom. The van der Waals surface area contributed by atoms with Gasteiger partial charge in [0.05, 0.1) is 0 Å². The minimum atomic E-state index is -0.0882. The molecule has 1 amide bonds. The van der Waals surface area contributed by atoms with Crippen molar-refractivity contribution in [2.24, 2.45) is 5.92 Å². The molecule has 3 aromatic rings.